The summed E-state index contributed by atoms with van der Waals surface area (Å²) >= 11 is 3.11. The van der Waals surface area contributed by atoms with E-state index in [1.54, 1.807) is 0 Å². The molecule has 7 heteroatoms. The van der Waals surface area contributed by atoms with E-state index in [2.05, 4.69) is 23.7 Å². The zero-order chi connectivity index (χ0) is 18.3. The molecule has 0 spiro atoms. The third-order valence-electron chi connectivity index (χ3n) is 2.22. The van der Waals surface area contributed by atoms with Crippen LogP contribution in [0.2, 0.25) is 9.88 Å². The van der Waals surface area contributed by atoms with Gasteiger partial charge in [-0.2, -0.15) is 23.5 Å². The Morgan fingerprint density at radius 2 is 1.09 bits per heavy atom. The van der Waals surface area contributed by atoms with Gasteiger partial charge in [0.15, 0.2) is 0 Å². The van der Waals surface area contributed by atoms with Crippen LogP contribution >= 0.6 is 23.5 Å². The van der Waals surface area contributed by atoms with Gasteiger partial charge in [-0.25, -0.2) is 0 Å². The average molecular weight is 471 g/mol. The van der Waals surface area contributed by atoms with Crippen molar-refractivity contribution in [2.45, 2.75) is 62.3 Å². The Balaban J connectivity index is -0.000000297. The Morgan fingerprint density at radius 3 is 1.30 bits per heavy atom. The number of aliphatic carboxylic acids is 2. The van der Waals surface area contributed by atoms with E-state index in [4.69, 9.17) is 0 Å². The molecule has 0 aliphatic rings. The number of hydrogen-bond donors (Lipinski definition) is 0. The molecule has 0 saturated carbocycles. The maximum absolute atomic E-state index is 9.90. The van der Waals surface area contributed by atoms with Gasteiger partial charge in [-0.05, 0) is 24.3 Å². The van der Waals surface area contributed by atoms with Gasteiger partial charge in [0.1, 0.15) is 0 Å². The fourth-order valence-corrected chi connectivity index (χ4v) is 2.66. The fraction of sp³-hybridized carbons (Fsp3) is 0.875. The van der Waals surface area contributed by atoms with Crippen LogP contribution in [0.15, 0.2) is 0 Å². The molecular formula is C16H32O4S2Sn. The van der Waals surface area contributed by atoms with Gasteiger partial charge >= 0.3 is 31.0 Å². The van der Waals surface area contributed by atoms with Crippen LogP contribution in [0, 0.1) is 0 Å². The van der Waals surface area contributed by atoms with Crippen LogP contribution < -0.4 is 10.2 Å². The van der Waals surface area contributed by atoms with E-state index in [-0.39, 0.29) is 32.6 Å². The number of carbonyl (C=O) groups is 2. The summed E-state index contributed by atoms with van der Waals surface area (Å²) in [6.07, 6.45) is 7.00. The van der Waals surface area contributed by atoms with E-state index >= 15 is 0 Å². The summed E-state index contributed by atoms with van der Waals surface area (Å²) in [5.41, 5.74) is 0. The van der Waals surface area contributed by atoms with Crippen molar-refractivity contribution in [3.63, 3.8) is 0 Å². The summed E-state index contributed by atoms with van der Waals surface area (Å²) in [6, 6.07) is 0. The zero-order valence-electron chi connectivity index (χ0n) is 15.0. The first-order chi connectivity index (χ1) is 11.0. The molecular weight excluding hydrogens is 439 g/mol. The van der Waals surface area contributed by atoms with Crippen molar-refractivity contribution in [3.8, 4) is 0 Å². The third kappa shape index (κ3) is 45.0. The minimum absolute atomic E-state index is 0.143. The number of carboxylic acids is 2. The van der Waals surface area contributed by atoms with Gasteiger partial charge < -0.3 is 19.8 Å². The van der Waals surface area contributed by atoms with Crippen molar-refractivity contribution in [3.05, 3.63) is 0 Å². The molecule has 0 fully saturated rings. The second kappa shape index (κ2) is 27.3. The van der Waals surface area contributed by atoms with E-state index in [9.17, 15) is 19.8 Å². The van der Waals surface area contributed by atoms with Gasteiger partial charge in [-0.1, -0.05) is 39.5 Å². The second-order valence-electron chi connectivity index (χ2n) is 4.76. The van der Waals surface area contributed by atoms with E-state index in [0.29, 0.717) is 0 Å². The van der Waals surface area contributed by atoms with E-state index in [0.717, 1.165) is 24.3 Å². The Kier molecular flexibility index (Phi) is 33.5. The first-order valence-electron chi connectivity index (χ1n) is 8.09. The molecule has 0 aromatic carbocycles. The molecule has 0 bridgehead atoms. The molecule has 0 aromatic rings. The summed E-state index contributed by atoms with van der Waals surface area (Å²) in [5, 5.41) is 19.8. The second-order valence-corrected chi connectivity index (χ2v) is 9.83. The van der Waals surface area contributed by atoms with Gasteiger partial charge in [0.05, 0.1) is 11.9 Å². The minimum atomic E-state index is -0.957. The van der Waals surface area contributed by atoms with Crippen LogP contribution in [-0.4, -0.2) is 56.1 Å². The molecule has 0 aliphatic carbocycles. The number of rotatable bonds is 12. The molecule has 0 saturated heterocycles. The van der Waals surface area contributed by atoms with Crippen LogP contribution in [0.5, 0.6) is 0 Å². The monoisotopic (exact) mass is 472 g/mol. The Morgan fingerprint density at radius 1 is 0.783 bits per heavy atom. The van der Waals surface area contributed by atoms with Crippen LogP contribution in [0.1, 0.15) is 52.4 Å². The van der Waals surface area contributed by atoms with Crippen molar-refractivity contribution in [2.24, 2.45) is 0 Å². The number of unbranched alkanes of at least 4 members (excludes halogenated alkanes) is 4. The summed E-state index contributed by atoms with van der Waals surface area (Å²) in [5.74, 6) is 0.264. The molecule has 0 radical (unpaired) electrons. The Hall–Kier alpha value is 0.439. The predicted octanol–water partition coefficient (Wildman–Crippen LogP) is 2.11. The van der Waals surface area contributed by atoms with E-state index in [1.165, 1.54) is 49.2 Å². The van der Waals surface area contributed by atoms with Crippen LogP contribution in [-0.2, 0) is 9.59 Å². The molecule has 0 N–H and O–H groups in total. The van der Waals surface area contributed by atoms with E-state index in [1.807, 2.05) is 0 Å². The van der Waals surface area contributed by atoms with Gasteiger partial charge in [0.2, 0.25) is 0 Å². The number of carboxylic acid groups (broad SMARTS) is 2. The third-order valence-corrected chi connectivity index (χ3v) is 4.26. The molecule has 0 atom stereocenters. The topological polar surface area (TPSA) is 80.3 Å². The van der Waals surface area contributed by atoms with Crippen molar-refractivity contribution >= 4 is 56.6 Å². The van der Waals surface area contributed by atoms with Gasteiger partial charge in [0.25, 0.3) is 0 Å². The summed E-state index contributed by atoms with van der Waals surface area (Å²) < 4.78 is 0. The quantitative estimate of drug-likeness (QED) is 0.321. The number of thioether (sulfide) groups is 2. The molecule has 0 aromatic heterocycles. The SMILES string of the molecule is CCCCCSCC(=O)[O-].CCCCCSCC(=O)[O-].[CH3][Sn+2][CH3]. The van der Waals surface area contributed by atoms with Crippen molar-refractivity contribution in [2.75, 3.05) is 23.0 Å². The summed E-state index contributed by atoms with van der Waals surface area (Å²) in [4.78, 5) is 24.4. The maximum atomic E-state index is 9.90. The van der Waals surface area contributed by atoms with Gasteiger partial charge in [-0.15, -0.1) is 0 Å². The Labute approximate surface area is 161 Å². The zero-order valence-corrected chi connectivity index (χ0v) is 19.5. The van der Waals surface area contributed by atoms with Crippen molar-refractivity contribution in [1.29, 1.82) is 0 Å². The van der Waals surface area contributed by atoms with Crippen molar-refractivity contribution in [1.82, 2.24) is 0 Å². The molecule has 0 rings (SSSR count). The van der Waals surface area contributed by atoms with Crippen LogP contribution in [0.25, 0.3) is 0 Å². The predicted molar refractivity (Wildman–Crippen MR) is 101 cm³/mol. The fourth-order valence-electron chi connectivity index (χ4n) is 1.22. The molecule has 23 heavy (non-hydrogen) atoms. The number of hydrogen-bond acceptors (Lipinski definition) is 6. The molecule has 0 aliphatic heterocycles. The van der Waals surface area contributed by atoms with Crippen LogP contribution in [0.4, 0.5) is 0 Å². The normalized spacial score (nSPS) is 8.87. The Bertz CT molecular complexity index is 230. The van der Waals surface area contributed by atoms with Crippen molar-refractivity contribution < 1.29 is 19.8 Å². The standard InChI is InChI=1S/2C7H14O2S.2CH3.Sn/c2*1-2-3-4-5-10-6-7(8)9;;;/h2*2-6H2,1H3,(H,8,9);2*1H3;/q;;;;+2/p-2. The molecule has 4 nitrogen and oxygen atoms in total. The first kappa shape index (κ1) is 28.3. The van der Waals surface area contributed by atoms with Gasteiger partial charge in [0, 0.05) is 11.5 Å². The van der Waals surface area contributed by atoms with E-state index < -0.39 is 11.9 Å². The molecule has 0 unspecified atom stereocenters. The molecule has 0 heterocycles. The van der Waals surface area contributed by atoms with Gasteiger partial charge in [-0.3, -0.25) is 0 Å². The number of carbonyl (C=O) groups excluding carboxylic acids is 2. The van der Waals surface area contributed by atoms with Crippen LogP contribution in [0.3, 0.4) is 0 Å². The first-order valence-corrected chi connectivity index (χ1v) is 16.1. The average Bonchev–Trinajstić information content (AvgIpc) is 2.48. The molecule has 136 valence electrons. The molecule has 0 amide bonds. The summed E-state index contributed by atoms with van der Waals surface area (Å²) in [6.45, 7) is 4.26. The summed E-state index contributed by atoms with van der Waals surface area (Å²) in [7, 11) is 0.